The third kappa shape index (κ3) is 3.15. The minimum Gasteiger partial charge on any atom is -0.303 e. The first-order valence-electron chi connectivity index (χ1n) is 9.21. The fourth-order valence-electron chi connectivity index (χ4n) is 3.42. The van der Waals surface area contributed by atoms with Gasteiger partial charge in [0.15, 0.2) is 11.3 Å². The lowest BCUT2D eigenvalue weighted by molar-refractivity contribution is -0.384. The van der Waals surface area contributed by atoms with E-state index < -0.39 is 4.92 Å². The van der Waals surface area contributed by atoms with Gasteiger partial charge in [0.1, 0.15) is 5.82 Å². The molecule has 146 valence electrons. The van der Waals surface area contributed by atoms with E-state index >= 15 is 0 Å². The molecule has 0 unspecified atom stereocenters. The van der Waals surface area contributed by atoms with Crippen molar-refractivity contribution >= 4 is 39.6 Å². The van der Waals surface area contributed by atoms with E-state index in [1.165, 1.54) is 12.1 Å². The summed E-state index contributed by atoms with van der Waals surface area (Å²) in [5, 5.41) is 11.9. The number of hydrogen-bond donors (Lipinski definition) is 0. The minimum atomic E-state index is -0.421. The smallest absolute Gasteiger partial charge is 0.270 e. The van der Waals surface area contributed by atoms with Gasteiger partial charge in [0, 0.05) is 22.7 Å². The predicted molar refractivity (Wildman–Crippen MR) is 115 cm³/mol. The summed E-state index contributed by atoms with van der Waals surface area (Å²) >= 11 is 6.39. The second kappa shape index (κ2) is 7.20. The summed E-state index contributed by atoms with van der Waals surface area (Å²) in [4.78, 5) is 24.9. The third-order valence-corrected chi connectivity index (χ3v) is 5.23. The van der Waals surface area contributed by atoms with Crippen LogP contribution in [0.25, 0.3) is 33.7 Å². The Hall–Kier alpha value is -3.84. The molecular weight excluding hydrogens is 402 g/mol. The second-order valence-electron chi connectivity index (χ2n) is 6.78. The Kier molecular flexibility index (Phi) is 4.37. The van der Waals surface area contributed by atoms with E-state index in [1.807, 2.05) is 53.1 Å². The van der Waals surface area contributed by atoms with Gasteiger partial charge in [0.2, 0.25) is 0 Å². The summed E-state index contributed by atoms with van der Waals surface area (Å²) in [5.41, 5.74) is 4.04. The molecule has 0 saturated heterocycles. The maximum absolute atomic E-state index is 11.3. The highest BCUT2D eigenvalue weighted by Gasteiger charge is 2.19. The van der Waals surface area contributed by atoms with Gasteiger partial charge in [-0.1, -0.05) is 54.1 Å². The topological polar surface area (TPSA) is 86.7 Å². The molecule has 8 heteroatoms. The van der Waals surface area contributed by atoms with Crippen LogP contribution in [-0.2, 0) is 6.54 Å². The molecule has 0 spiro atoms. The SMILES string of the molecule is O=[N+]([O-])c1cccc(-c2nc3nc4ccccc4nc3n2Cc2ccccc2Cl)c1. The molecule has 0 radical (unpaired) electrons. The van der Waals surface area contributed by atoms with Crippen LogP contribution in [-0.4, -0.2) is 24.4 Å². The predicted octanol–water partition coefficient (Wildman–Crippen LogP) is 5.26. The van der Waals surface area contributed by atoms with Gasteiger partial charge in [-0.15, -0.1) is 0 Å². The van der Waals surface area contributed by atoms with Crippen molar-refractivity contribution in [2.45, 2.75) is 6.54 Å². The lowest BCUT2D eigenvalue weighted by Crippen LogP contribution is -2.04. The van der Waals surface area contributed by atoms with Crippen molar-refractivity contribution in [1.82, 2.24) is 19.5 Å². The Morgan fingerprint density at radius 3 is 2.40 bits per heavy atom. The first kappa shape index (κ1) is 18.2. The molecule has 3 aromatic carbocycles. The Bertz CT molecular complexity index is 1430. The number of hydrogen-bond acceptors (Lipinski definition) is 5. The number of rotatable bonds is 4. The normalized spacial score (nSPS) is 11.2. The van der Waals surface area contributed by atoms with Crippen molar-refractivity contribution in [1.29, 1.82) is 0 Å². The second-order valence-corrected chi connectivity index (χ2v) is 7.19. The quantitative estimate of drug-likeness (QED) is 0.295. The average molecular weight is 416 g/mol. The van der Waals surface area contributed by atoms with Gasteiger partial charge >= 0.3 is 0 Å². The van der Waals surface area contributed by atoms with E-state index in [0.717, 1.165) is 16.6 Å². The van der Waals surface area contributed by atoms with Crippen molar-refractivity contribution in [2.24, 2.45) is 0 Å². The fourth-order valence-corrected chi connectivity index (χ4v) is 3.62. The van der Waals surface area contributed by atoms with Crippen LogP contribution in [0.15, 0.2) is 72.8 Å². The number of nitrogens with zero attached hydrogens (tertiary/aromatic N) is 5. The summed E-state index contributed by atoms with van der Waals surface area (Å²) in [5.74, 6) is 0.545. The monoisotopic (exact) mass is 415 g/mol. The van der Waals surface area contributed by atoms with Gasteiger partial charge in [0.25, 0.3) is 5.69 Å². The Labute approximate surface area is 175 Å². The van der Waals surface area contributed by atoms with Gasteiger partial charge < -0.3 is 4.57 Å². The summed E-state index contributed by atoms with van der Waals surface area (Å²) in [6, 6.07) is 21.5. The number of para-hydroxylation sites is 2. The van der Waals surface area contributed by atoms with Gasteiger partial charge in [0.05, 0.1) is 22.5 Å². The molecule has 0 aliphatic rings. The molecule has 0 amide bonds. The summed E-state index contributed by atoms with van der Waals surface area (Å²) in [6.45, 7) is 0.404. The van der Waals surface area contributed by atoms with Crippen LogP contribution in [0.1, 0.15) is 5.56 Å². The maximum Gasteiger partial charge on any atom is 0.270 e. The molecule has 5 rings (SSSR count). The molecule has 0 fully saturated rings. The average Bonchev–Trinajstić information content (AvgIpc) is 3.11. The van der Waals surface area contributed by atoms with Crippen molar-refractivity contribution in [2.75, 3.05) is 0 Å². The lowest BCUT2D eigenvalue weighted by atomic mass is 10.1. The molecule has 2 aromatic heterocycles. The van der Waals surface area contributed by atoms with Crippen LogP contribution in [0.5, 0.6) is 0 Å². The number of halogens is 1. The zero-order valence-corrected chi connectivity index (χ0v) is 16.3. The summed E-state index contributed by atoms with van der Waals surface area (Å²) < 4.78 is 1.90. The van der Waals surface area contributed by atoms with Crippen LogP contribution in [0.2, 0.25) is 5.02 Å². The molecule has 7 nitrogen and oxygen atoms in total. The third-order valence-electron chi connectivity index (χ3n) is 4.86. The molecule has 0 aliphatic heterocycles. The highest BCUT2D eigenvalue weighted by Crippen LogP contribution is 2.29. The lowest BCUT2D eigenvalue weighted by Gasteiger charge is -2.10. The van der Waals surface area contributed by atoms with Gasteiger partial charge in [-0.05, 0) is 23.8 Å². The van der Waals surface area contributed by atoms with E-state index in [0.29, 0.717) is 34.2 Å². The molecule has 0 saturated carbocycles. The van der Waals surface area contributed by atoms with Gasteiger partial charge in [-0.3, -0.25) is 10.1 Å². The first-order chi connectivity index (χ1) is 14.6. The van der Waals surface area contributed by atoms with Crippen LogP contribution in [0.3, 0.4) is 0 Å². The molecule has 5 aromatic rings. The molecule has 0 N–H and O–H groups in total. The Balaban J connectivity index is 1.78. The summed E-state index contributed by atoms with van der Waals surface area (Å²) in [6.07, 6.45) is 0. The number of nitro benzene ring substituents is 1. The number of fused-ring (bicyclic) bond motifs is 2. The van der Waals surface area contributed by atoms with Crippen LogP contribution >= 0.6 is 11.6 Å². The van der Waals surface area contributed by atoms with E-state index in [-0.39, 0.29) is 5.69 Å². The number of non-ortho nitro benzene ring substituents is 1. The van der Waals surface area contributed by atoms with E-state index in [1.54, 1.807) is 12.1 Å². The molecule has 0 aliphatic carbocycles. The first-order valence-corrected chi connectivity index (χ1v) is 9.59. The van der Waals surface area contributed by atoms with Gasteiger partial charge in [-0.25, -0.2) is 15.0 Å². The Morgan fingerprint density at radius 1 is 0.900 bits per heavy atom. The van der Waals surface area contributed by atoms with Crippen molar-refractivity contribution in [3.63, 3.8) is 0 Å². The molecule has 30 heavy (non-hydrogen) atoms. The number of benzene rings is 3. The zero-order chi connectivity index (χ0) is 20.7. The summed E-state index contributed by atoms with van der Waals surface area (Å²) in [7, 11) is 0. The number of nitro groups is 1. The van der Waals surface area contributed by atoms with Crippen LogP contribution in [0, 0.1) is 10.1 Å². The van der Waals surface area contributed by atoms with Crippen molar-refractivity contribution in [3.8, 4) is 11.4 Å². The van der Waals surface area contributed by atoms with Crippen LogP contribution < -0.4 is 0 Å². The molecular formula is C22H14ClN5O2. The molecule has 2 heterocycles. The standard InChI is InChI=1S/C22H14ClN5O2/c23-17-9-2-1-6-15(17)13-27-21(14-7-5-8-16(12-14)28(29)30)26-20-22(27)25-19-11-4-3-10-18(19)24-20/h1-12H,13H2. The van der Waals surface area contributed by atoms with Gasteiger partial charge in [-0.2, -0.15) is 0 Å². The fraction of sp³-hybridized carbons (Fsp3) is 0.0455. The molecule has 0 atom stereocenters. The van der Waals surface area contributed by atoms with Crippen LogP contribution in [0.4, 0.5) is 5.69 Å². The van der Waals surface area contributed by atoms with E-state index in [9.17, 15) is 10.1 Å². The molecule has 0 bridgehead atoms. The highest BCUT2D eigenvalue weighted by molar-refractivity contribution is 6.31. The van der Waals surface area contributed by atoms with Crippen molar-refractivity contribution in [3.05, 3.63) is 93.5 Å². The number of imidazole rings is 1. The van der Waals surface area contributed by atoms with E-state index in [2.05, 4.69) is 9.97 Å². The zero-order valence-electron chi connectivity index (χ0n) is 15.6. The highest BCUT2D eigenvalue weighted by atomic mass is 35.5. The van der Waals surface area contributed by atoms with E-state index in [4.69, 9.17) is 16.6 Å². The van der Waals surface area contributed by atoms with Crippen molar-refractivity contribution < 1.29 is 4.92 Å². The Morgan fingerprint density at radius 2 is 1.63 bits per heavy atom. The largest absolute Gasteiger partial charge is 0.303 e. The minimum absolute atomic E-state index is 0.00470. The number of aromatic nitrogens is 4. The maximum atomic E-state index is 11.3.